The maximum atomic E-state index is 5.86. The number of ether oxygens (including phenoxy) is 2. The Morgan fingerprint density at radius 1 is 1.41 bits per heavy atom. The Bertz CT molecular complexity index is 525. The average molecular weight is 232 g/mol. The van der Waals surface area contributed by atoms with E-state index in [-0.39, 0.29) is 6.79 Å². The van der Waals surface area contributed by atoms with Crippen LogP contribution in [0.5, 0.6) is 5.75 Å². The van der Waals surface area contributed by atoms with Crippen LogP contribution in [0.1, 0.15) is 11.1 Å². The summed E-state index contributed by atoms with van der Waals surface area (Å²) in [5, 5.41) is 4.07. The summed E-state index contributed by atoms with van der Waals surface area (Å²) in [6.45, 7) is 1.40. The summed E-state index contributed by atoms with van der Waals surface area (Å²) in [6, 6.07) is 3.77. The third-order valence-corrected chi connectivity index (χ3v) is 2.61. The Morgan fingerprint density at radius 2 is 2.35 bits per heavy atom. The highest BCUT2D eigenvalue weighted by Crippen LogP contribution is 2.31. The Labute approximate surface area is 98.0 Å². The molecule has 0 radical (unpaired) electrons. The van der Waals surface area contributed by atoms with Gasteiger partial charge >= 0.3 is 0 Å². The molecule has 1 aliphatic heterocycles. The molecule has 0 fully saturated rings. The molecule has 0 saturated carbocycles. The van der Waals surface area contributed by atoms with Crippen LogP contribution in [-0.4, -0.2) is 21.6 Å². The van der Waals surface area contributed by atoms with Crippen molar-refractivity contribution in [2.75, 3.05) is 12.5 Å². The van der Waals surface area contributed by atoms with Crippen molar-refractivity contribution in [2.24, 2.45) is 0 Å². The summed E-state index contributed by atoms with van der Waals surface area (Å²) >= 11 is 0. The van der Waals surface area contributed by atoms with Crippen LogP contribution in [0.25, 0.3) is 0 Å². The van der Waals surface area contributed by atoms with Crippen molar-refractivity contribution in [3.05, 3.63) is 35.9 Å². The topological polar surface area (TPSA) is 75.2 Å². The van der Waals surface area contributed by atoms with Gasteiger partial charge in [0, 0.05) is 16.8 Å². The molecule has 2 heterocycles. The van der Waals surface area contributed by atoms with Crippen LogP contribution in [0.4, 0.5) is 5.69 Å². The fraction of sp³-hybridized carbons (Fsp3) is 0.273. The van der Waals surface area contributed by atoms with Gasteiger partial charge in [-0.2, -0.15) is 5.10 Å². The molecule has 88 valence electrons. The molecule has 6 heteroatoms. The fourth-order valence-corrected chi connectivity index (χ4v) is 1.93. The number of hydrogen-bond acceptors (Lipinski definition) is 5. The lowest BCUT2D eigenvalue weighted by Crippen LogP contribution is -2.15. The van der Waals surface area contributed by atoms with Gasteiger partial charge in [0.2, 0.25) is 0 Å². The number of benzene rings is 1. The zero-order valence-electron chi connectivity index (χ0n) is 9.17. The normalized spacial score (nSPS) is 14.1. The summed E-state index contributed by atoms with van der Waals surface area (Å²) in [5.74, 6) is 0.848. The molecular weight excluding hydrogens is 220 g/mol. The summed E-state index contributed by atoms with van der Waals surface area (Å²) in [7, 11) is 0. The molecule has 0 saturated heterocycles. The largest absolute Gasteiger partial charge is 0.467 e. The minimum atomic E-state index is 0.279. The van der Waals surface area contributed by atoms with Gasteiger partial charge in [0.05, 0.1) is 13.2 Å². The molecule has 0 spiro atoms. The van der Waals surface area contributed by atoms with E-state index in [0.29, 0.717) is 18.8 Å². The average Bonchev–Trinajstić information content (AvgIpc) is 2.81. The van der Waals surface area contributed by atoms with Crippen molar-refractivity contribution in [3.8, 4) is 5.75 Å². The first-order valence-corrected chi connectivity index (χ1v) is 5.27. The van der Waals surface area contributed by atoms with Crippen molar-refractivity contribution >= 4 is 5.69 Å². The molecule has 1 aliphatic rings. The molecule has 1 aromatic heterocycles. The first kappa shape index (κ1) is 10.1. The number of fused-ring (bicyclic) bond motifs is 1. The maximum absolute atomic E-state index is 5.86. The first-order valence-electron chi connectivity index (χ1n) is 5.27. The van der Waals surface area contributed by atoms with Crippen LogP contribution in [0.2, 0.25) is 0 Å². The Morgan fingerprint density at radius 3 is 3.18 bits per heavy atom. The van der Waals surface area contributed by atoms with E-state index in [1.165, 1.54) is 6.33 Å². The smallest absolute Gasteiger partial charge is 0.189 e. The standard InChI is InChI=1S/C11H12N4O2/c12-10-1-8(3-15-6-13-5-14-15)11-9(2-10)4-16-7-17-11/h1-2,5-6H,3-4,7,12H2. The Kier molecular flexibility index (Phi) is 2.41. The molecule has 3 rings (SSSR count). The van der Waals surface area contributed by atoms with E-state index in [1.807, 2.05) is 12.1 Å². The number of nitrogens with zero attached hydrogens (tertiary/aromatic N) is 3. The number of hydrogen-bond donors (Lipinski definition) is 1. The second-order valence-electron chi connectivity index (χ2n) is 3.87. The van der Waals surface area contributed by atoms with Gasteiger partial charge in [-0.25, -0.2) is 9.67 Å². The van der Waals surface area contributed by atoms with Crippen LogP contribution >= 0.6 is 0 Å². The van der Waals surface area contributed by atoms with Crippen LogP contribution in [-0.2, 0) is 17.9 Å². The van der Waals surface area contributed by atoms with Crippen LogP contribution in [0.3, 0.4) is 0 Å². The predicted molar refractivity (Wildman–Crippen MR) is 60.3 cm³/mol. The van der Waals surface area contributed by atoms with Gasteiger partial charge in [-0.05, 0) is 12.1 Å². The molecule has 2 aromatic rings. The van der Waals surface area contributed by atoms with Crippen molar-refractivity contribution in [1.82, 2.24) is 14.8 Å². The minimum absolute atomic E-state index is 0.279. The number of anilines is 1. The fourth-order valence-electron chi connectivity index (χ4n) is 1.93. The SMILES string of the molecule is Nc1cc2c(c(Cn3cncn3)c1)OCOC2. The van der Waals surface area contributed by atoms with Crippen molar-refractivity contribution < 1.29 is 9.47 Å². The summed E-state index contributed by atoms with van der Waals surface area (Å²) in [5.41, 5.74) is 8.53. The molecule has 0 aliphatic carbocycles. The van der Waals surface area contributed by atoms with Gasteiger partial charge in [-0.3, -0.25) is 0 Å². The highest BCUT2D eigenvalue weighted by atomic mass is 16.7. The number of rotatable bonds is 2. The van der Waals surface area contributed by atoms with E-state index in [4.69, 9.17) is 15.2 Å². The zero-order valence-corrected chi connectivity index (χ0v) is 9.17. The molecule has 2 N–H and O–H groups in total. The first-order chi connectivity index (χ1) is 8.33. The molecule has 6 nitrogen and oxygen atoms in total. The van der Waals surface area contributed by atoms with Crippen LogP contribution < -0.4 is 10.5 Å². The van der Waals surface area contributed by atoms with E-state index < -0.39 is 0 Å². The predicted octanol–water partition coefficient (Wildman–Crippen LogP) is 0.775. The van der Waals surface area contributed by atoms with Gasteiger partial charge in [0.25, 0.3) is 0 Å². The van der Waals surface area contributed by atoms with Crippen LogP contribution in [0.15, 0.2) is 24.8 Å². The molecule has 1 aromatic carbocycles. The summed E-state index contributed by atoms with van der Waals surface area (Å²) < 4.78 is 12.5. The number of aromatic nitrogens is 3. The molecule has 17 heavy (non-hydrogen) atoms. The third kappa shape index (κ3) is 1.94. The van der Waals surface area contributed by atoms with Crippen molar-refractivity contribution in [3.63, 3.8) is 0 Å². The highest BCUT2D eigenvalue weighted by molar-refractivity contribution is 5.53. The molecule has 0 atom stereocenters. The van der Waals surface area contributed by atoms with E-state index in [0.717, 1.165) is 16.9 Å². The lowest BCUT2D eigenvalue weighted by Gasteiger charge is -2.21. The molecular formula is C11H12N4O2. The van der Waals surface area contributed by atoms with Crippen LogP contribution in [0, 0.1) is 0 Å². The quantitative estimate of drug-likeness (QED) is 0.774. The van der Waals surface area contributed by atoms with E-state index in [1.54, 1.807) is 11.0 Å². The second kappa shape index (κ2) is 4.06. The molecule has 0 bridgehead atoms. The van der Waals surface area contributed by atoms with Gasteiger partial charge in [-0.15, -0.1) is 0 Å². The van der Waals surface area contributed by atoms with Crippen molar-refractivity contribution in [1.29, 1.82) is 0 Å². The van der Waals surface area contributed by atoms with E-state index in [9.17, 15) is 0 Å². The Balaban J connectivity index is 2.00. The van der Waals surface area contributed by atoms with Gasteiger partial charge < -0.3 is 15.2 Å². The van der Waals surface area contributed by atoms with E-state index >= 15 is 0 Å². The summed E-state index contributed by atoms with van der Waals surface area (Å²) in [4.78, 5) is 3.91. The third-order valence-electron chi connectivity index (χ3n) is 2.61. The summed E-state index contributed by atoms with van der Waals surface area (Å²) in [6.07, 6.45) is 3.16. The lowest BCUT2D eigenvalue weighted by molar-refractivity contribution is -0.0170. The lowest BCUT2D eigenvalue weighted by atomic mass is 10.1. The number of nitrogens with two attached hydrogens (primary N) is 1. The van der Waals surface area contributed by atoms with Gasteiger partial charge in [0.15, 0.2) is 6.79 Å². The van der Waals surface area contributed by atoms with E-state index in [2.05, 4.69) is 10.1 Å². The van der Waals surface area contributed by atoms with Crippen molar-refractivity contribution in [2.45, 2.75) is 13.2 Å². The Hall–Kier alpha value is -2.08. The van der Waals surface area contributed by atoms with Gasteiger partial charge in [-0.1, -0.05) is 0 Å². The van der Waals surface area contributed by atoms with Gasteiger partial charge in [0.1, 0.15) is 18.4 Å². The second-order valence-corrected chi connectivity index (χ2v) is 3.87. The molecule has 0 unspecified atom stereocenters. The minimum Gasteiger partial charge on any atom is -0.467 e. The highest BCUT2D eigenvalue weighted by Gasteiger charge is 2.16. The zero-order chi connectivity index (χ0) is 11.7. The monoisotopic (exact) mass is 232 g/mol. The number of nitrogen functional groups attached to an aromatic ring is 1. The molecule has 0 amide bonds. The maximum Gasteiger partial charge on any atom is 0.189 e.